The van der Waals surface area contributed by atoms with Gasteiger partial charge in [0.1, 0.15) is 18.1 Å². The Hall–Kier alpha value is -4.04. The molecule has 0 saturated carbocycles. The lowest BCUT2D eigenvalue weighted by molar-refractivity contribution is -0.137. The van der Waals surface area contributed by atoms with Gasteiger partial charge in [-0.2, -0.15) is 0 Å². The summed E-state index contributed by atoms with van der Waals surface area (Å²) in [5, 5.41) is 26.5. The van der Waals surface area contributed by atoms with E-state index >= 15 is 0 Å². The van der Waals surface area contributed by atoms with E-state index in [1.54, 1.807) is 6.92 Å². The van der Waals surface area contributed by atoms with Crippen molar-refractivity contribution in [3.63, 3.8) is 0 Å². The van der Waals surface area contributed by atoms with Crippen molar-refractivity contribution in [2.24, 2.45) is 23.5 Å². The number of benzene rings is 1. The fourth-order valence-electron chi connectivity index (χ4n) is 5.62. The molecule has 0 aliphatic rings. The van der Waals surface area contributed by atoms with Crippen molar-refractivity contribution in [3.05, 3.63) is 35.4 Å². The molecule has 1 aromatic carbocycles. The van der Waals surface area contributed by atoms with Gasteiger partial charge in [0.25, 0.3) is 0 Å². The SMILES string of the molecule is CCC[C@H](NC(=O)[C@@H](NC(=O)CCCC(=O)O)[C@@H](C)CC)C(=O)N[C@H](CN[C@@H](C)C(=O)N[C@H](C(=O)NCc1cccc(CN)c1)C(C)C)CC(C)C. The molecule has 0 aliphatic carbocycles. The Morgan fingerprint density at radius 1 is 0.788 bits per heavy atom. The maximum Gasteiger partial charge on any atom is 0.303 e. The molecule has 0 bridgehead atoms. The Balaban J connectivity index is 2.90. The van der Waals surface area contributed by atoms with Crippen LogP contribution in [0, 0.1) is 17.8 Å². The zero-order chi connectivity index (χ0) is 39.4. The van der Waals surface area contributed by atoms with Crippen LogP contribution in [0.3, 0.4) is 0 Å². The van der Waals surface area contributed by atoms with E-state index in [1.807, 2.05) is 72.7 Å². The van der Waals surface area contributed by atoms with E-state index in [2.05, 4.69) is 31.9 Å². The number of nitrogens with two attached hydrogens (primary N) is 1. The van der Waals surface area contributed by atoms with Crippen LogP contribution in [0.2, 0.25) is 0 Å². The van der Waals surface area contributed by atoms with Crippen LogP contribution < -0.4 is 37.6 Å². The number of aliphatic carboxylic acids is 1. The van der Waals surface area contributed by atoms with E-state index in [1.165, 1.54) is 0 Å². The van der Waals surface area contributed by atoms with Gasteiger partial charge in [-0.05, 0) is 55.1 Å². The van der Waals surface area contributed by atoms with Crippen LogP contribution in [0.5, 0.6) is 0 Å². The molecule has 0 radical (unpaired) electrons. The molecule has 9 N–H and O–H groups in total. The predicted molar refractivity (Wildman–Crippen MR) is 202 cm³/mol. The summed E-state index contributed by atoms with van der Waals surface area (Å²) in [5.74, 6) is -3.11. The van der Waals surface area contributed by atoms with Crippen LogP contribution in [-0.4, -0.2) is 77.4 Å². The van der Waals surface area contributed by atoms with Crippen LogP contribution in [0.15, 0.2) is 24.3 Å². The molecule has 0 aromatic heterocycles. The van der Waals surface area contributed by atoms with E-state index < -0.39 is 42.0 Å². The molecule has 5 amide bonds. The van der Waals surface area contributed by atoms with Gasteiger partial charge in [0, 0.05) is 38.5 Å². The second-order valence-corrected chi connectivity index (χ2v) is 14.5. The third-order valence-electron chi connectivity index (χ3n) is 8.92. The number of carbonyl (C=O) groups excluding carboxylic acids is 5. The lowest BCUT2D eigenvalue weighted by Crippen LogP contribution is -2.58. The first-order chi connectivity index (χ1) is 24.5. The van der Waals surface area contributed by atoms with Crippen LogP contribution in [-0.2, 0) is 41.9 Å². The summed E-state index contributed by atoms with van der Waals surface area (Å²) in [4.78, 5) is 76.7. The average Bonchev–Trinajstić information content (AvgIpc) is 3.09. The van der Waals surface area contributed by atoms with Gasteiger partial charge < -0.3 is 42.7 Å². The molecule has 14 heteroatoms. The minimum absolute atomic E-state index is 0.0262. The first-order valence-corrected chi connectivity index (χ1v) is 18.7. The summed E-state index contributed by atoms with van der Waals surface area (Å²) in [6, 6.07) is 4.08. The van der Waals surface area contributed by atoms with Gasteiger partial charge in [0.2, 0.25) is 29.5 Å². The van der Waals surface area contributed by atoms with Crippen molar-refractivity contribution < 1.29 is 33.9 Å². The third kappa shape index (κ3) is 17.5. The van der Waals surface area contributed by atoms with Crippen LogP contribution in [0.1, 0.15) is 111 Å². The highest BCUT2D eigenvalue weighted by Crippen LogP contribution is 2.12. The van der Waals surface area contributed by atoms with Crippen molar-refractivity contribution in [2.75, 3.05) is 6.54 Å². The minimum atomic E-state index is -0.998. The summed E-state index contributed by atoms with van der Waals surface area (Å²) < 4.78 is 0. The zero-order valence-electron chi connectivity index (χ0n) is 32.5. The first-order valence-electron chi connectivity index (χ1n) is 18.7. The molecular formula is C38H65N7O7. The van der Waals surface area contributed by atoms with Gasteiger partial charge >= 0.3 is 5.97 Å². The van der Waals surface area contributed by atoms with Gasteiger partial charge in [-0.1, -0.05) is 85.6 Å². The van der Waals surface area contributed by atoms with Gasteiger partial charge in [-0.25, -0.2) is 0 Å². The number of hydrogen-bond donors (Lipinski definition) is 8. The highest BCUT2D eigenvalue weighted by atomic mass is 16.4. The fourth-order valence-corrected chi connectivity index (χ4v) is 5.62. The molecule has 1 aromatic rings. The minimum Gasteiger partial charge on any atom is -0.481 e. The average molecular weight is 732 g/mol. The lowest BCUT2D eigenvalue weighted by Gasteiger charge is -2.29. The second-order valence-electron chi connectivity index (χ2n) is 14.5. The van der Waals surface area contributed by atoms with Crippen molar-refractivity contribution in [1.82, 2.24) is 31.9 Å². The number of nitrogens with one attached hydrogen (secondary N) is 6. The number of carboxylic acids is 1. The highest BCUT2D eigenvalue weighted by molar-refractivity contribution is 5.92. The van der Waals surface area contributed by atoms with Crippen LogP contribution in [0.4, 0.5) is 0 Å². The number of carbonyl (C=O) groups is 6. The van der Waals surface area contributed by atoms with Crippen molar-refractivity contribution in [2.45, 2.75) is 144 Å². The van der Waals surface area contributed by atoms with Crippen LogP contribution >= 0.6 is 0 Å². The second kappa shape index (κ2) is 24.2. The normalized spacial score (nSPS) is 14.8. The molecule has 52 heavy (non-hydrogen) atoms. The molecular weight excluding hydrogens is 666 g/mol. The molecule has 0 fully saturated rings. The van der Waals surface area contributed by atoms with E-state index in [-0.39, 0.29) is 67.3 Å². The number of hydrogen-bond acceptors (Lipinski definition) is 8. The Kier molecular flexibility index (Phi) is 21.4. The van der Waals surface area contributed by atoms with E-state index in [0.717, 1.165) is 11.1 Å². The topological polar surface area (TPSA) is 221 Å². The standard InChI is InChI=1S/C38H65N7O7/c1-9-13-30(43-38(52)34(25(7)10-2)44-31(46)16-12-17-32(47)48)36(50)42-29(18-23(3)4)22-40-26(8)35(49)45-33(24(5)6)37(51)41-21-28-15-11-14-27(19-28)20-39/h11,14-15,19,23-26,29-30,33-34,40H,9-10,12-13,16-18,20-22,39H2,1-8H3,(H,41,51)(H,42,50)(H,43,52)(H,44,46)(H,45,49)(H,47,48)/t25-,26-,29-,30-,33-,34-/m0/s1. The maximum absolute atomic E-state index is 13.6. The number of rotatable bonds is 25. The zero-order valence-corrected chi connectivity index (χ0v) is 32.5. The molecule has 294 valence electrons. The van der Waals surface area contributed by atoms with Crippen molar-refractivity contribution in [1.29, 1.82) is 0 Å². The summed E-state index contributed by atoms with van der Waals surface area (Å²) in [5.41, 5.74) is 7.60. The monoisotopic (exact) mass is 731 g/mol. The number of carboxylic acid groups (broad SMARTS) is 1. The summed E-state index contributed by atoms with van der Waals surface area (Å²) in [6.07, 6.45) is 2.16. The first kappa shape index (κ1) is 46.0. The molecule has 6 atom stereocenters. The van der Waals surface area contributed by atoms with Crippen LogP contribution in [0.25, 0.3) is 0 Å². The lowest BCUT2D eigenvalue weighted by atomic mass is 9.97. The summed E-state index contributed by atoms with van der Waals surface area (Å²) in [7, 11) is 0. The Morgan fingerprint density at radius 2 is 1.46 bits per heavy atom. The van der Waals surface area contributed by atoms with E-state index in [4.69, 9.17) is 10.8 Å². The highest BCUT2D eigenvalue weighted by Gasteiger charge is 2.31. The Labute approximate surface area is 310 Å². The maximum atomic E-state index is 13.6. The molecule has 0 aliphatic heterocycles. The van der Waals surface area contributed by atoms with E-state index in [9.17, 15) is 28.8 Å². The predicted octanol–water partition coefficient (Wildman–Crippen LogP) is 2.48. The fraction of sp³-hybridized carbons (Fsp3) is 0.684. The molecule has 1 rings (SSSR count). The van der Waals surface area contributed by atoms with Crippen molar-refractivity contribution in [3.8, 4) is 0 Å². The largest absolute Gasteiger partial charge is 0.481 e. The number of amides is 5. The molecule has 0 saturated heterocycles. The van der Waals surface area contributed by atoms with Gasteiger partial charge in [0.05, 0.1) is 6.04 Å². The van der Waals surface area contributed by atoms with Gasteiger partial charge in [0.15, 0.2) is 0 Å². The Bertz CT molecular complexity index is 1310. The Morgan fingerprint density at radius 3 is 2.04 bits per heavy atom. The molecule has 14 nitrogen and oxygen atoms in total. The summed E-state index contributed by atoms with van der Waals surface area (Å²) >= 11 is 0. The molecule has 0 unspecified atom stereocenters. The van der Waals surface area contributed by atoms with E-state index in [0.29, 0.717) is 38.8 Å². The summed E-state index contributed by atoms with van der Waals surface area (Å²) in [6.45, 7) is 16.1. The van der Waals surface area contributed by atoms with Gasteiger partial charge in [-0.3, -0.25) is 28.8 Å². The molecule has 0 spiro atoms. The molecule has 0 heterocycles. The quantitative estimate of drug-likeness (QED) is 0.0739. The van der Waals surface area contributed by atoms with Gasteiger partial charge in [-0.15, -0.1) is 0 Å². The van der Waals surface area contributed by atoms with Crippen molar-refractivity contribution >= 4 is 35.5 Å². The third-order valence-corrected chi connectivity index (χ3v) is 8.92. The smallest absolute Gasteiger partial charge is 0.303 e.